The maximum absolute atomic E-state index is 11.0. The molecule has 0 saturated carbocycles. The number of carbonyl (C=O) groups is 1. The first-order chi connectivity index (χ1) is 5.70. The number of esters is 1. The minimum Gasteiger partial charge on any atom is -0.465 e. The lowest BCUT2D eigenvalue weighted by atomic mass is 10.1. The van der Waals surface area contributed by atoms with Crippen LogP contribution in [0.4, 0.5) is 0 Å². The smallest absolute Gasteiger partial charge is 0.308 e. The van der Waals surface area contributed by atoms with Crippen LogP contribution in [0, 0.1) is 11.8 Å². The van der Waals surface area contributed by atoms with Crippen molar-refractivity contribution in [3.05, 3.63) is 0 Å². The van der Waals surface area contributed by atoms with Crippen LogP contribution in [0.15, 0.2) is 0 Å². The van der Waals surface area contributed by atoms with Gasteiger partial charge >= 0.3 is 5.97 Å². The lowest BCUT2D eigenvalue weighted by Crippen LogP contribution is -2.17. The average molecular weight is 172 g/mol. The second-order valence-electron chi connectivity index (χ2n) is 3.51. The summed E-state index contributed by atoms with van der Waals surface area (Å²) in [6, 6.07) is 0. The molecule has 0 spiro atoms. The summed E-state index contributed by atoms with van der Waals surface area (Å²) in [6.45, 7) is 5.76. The molecule has 1 rings (SSSR count). The Morgan fingerprint density at radius 2 is 2.42 bits per heavy atom. The Balaban J connectivity index is 2.12. The number of ether oxygens (including phenoxy) is 2. The molecular weight excluding hydrogens is 156 g/mol. The van der Waals surface area contributed by atoms with Gasteiger partial charge in [0.25, 0.3) is 0 Å². The molecule has 0 aromatic heterocycles. The summed E-state index contributed by atoms with van der Waals surface area (Å²) >= 11 is 0. The molecule has 0 aromatic rings. The summed E-state index contributed by atoms with van der Waals surface area (Å²) in [7, 11) is 0. The number of hydrogen-bond donors (Lipinski definition) is 0. The second kappa shape index (κ2) is 4.45. The van der Waals surface area contributed by atoms with Gasteiger partial charge in [0.1, 0.15) is 0 Å². The van der Waals surface area contributed by atoms with E-state index in [4.69, 9.17) is 9.47 Å². The predicted octanol–water partition coefficient (Wildman–Crippen LogP) is 1.22. The standard InChI is InChI=1S/C9H16O3/c1-7(2)9(10)12-6-8-3-4-11-5-8/h7-8H,3-6H2,1-2H3. The summed E-state index contributed by atoms with van der Waals surface area (Å²) < 4.78 is 10.2. The van der Waals surface area contributed by atoms with E-state index in [-0.39, 0.29) is 11.9 Å². The van der Waals surface area contributed by atoms with E-state index in [9.17, 15) is 4.79 Å². The molecule has 12 heavy (non-hydrogen) atoms. The molecular formula is C9H16O3. The first kappa shape index (κ1) is 9.52. The predicted molar refractivity (Wildman–Crippen MR) is 44.7 cm³/mol. The monoisotopic (exact) mass is 172 g/mol. The van der Waals surface area contributed by atoms with E-state index in [1.165, 1.54) is 0 Å². The molecule has 1 aliphatic heterocycles. The molecule has 1 heterocycles. The van der Waals surface area contributed by atoms with Gasteiger partial charge in [0.05, 0.1) is 19.1 Å². The Kier molecular flexibility index (Phi) is 3.53. The SMILES string of the molecule is CC(C)C(=O)OCC1CCOC1. The number of carbonyl (C=O) groups excluding carboxylic acids is 1. The van der Waals surface area contributed by atoms with Gasteiger partial charge in [-0.05, 0) is 6.42 Å². The van der Waals surface area contributed by atoms with E-state index >= 15 is 0 Å². The molecule has 0 bridgehead atoms. The van der Waals surface area contributed by atoms with E-state index in [1.54, 1.807) is 0 Å². The lowest BCUT2D eigenvalue weighted by Gasteiger charge is -2.10. The van der Waals surface area contributed by atoms with Crippen LogP contribution in [0.5, 0.6) is 0 Å². The molecule has 0 amide bonds. The molecule has 1 aliphatic rings. The van der Waals surface area contributed by atoms with E-state index in [0.29, 0.717) is 12.5 Å². The third-order valence-electron chi connectivity index (χ3n) is 1.96. The Morgan fingerprint density at radius 1 is 1.67 bits per heavy atom. The maximum atomic E-state index is 11.0. The van der Waals surface area contributed by atoms with Crippen molar-refractivity contribution in [1.29, 1.82) is 0 Å². The van der Waals surface area contributed by atoms with Crippen LogP contribution in [-0.2, 0) is 14.3 Å². The zero-order chi connectivity index (χ0) is 8.97. The maximum Gasteiger partial charge on any atom is 0.308 e. The Hall–Kier alpha value is -0.570. The molecule has 3 heteroatoms. The second-order valence-corrected chi connectivity index (χ2v) is 3.51. The third-order valence-corrected chi connectivity index (χ3v) is 1.96. The van der Waals surface area contributed by atoms with Crippen LogP contribution in [0.2, 0.25) is 0 Å². The van der Waals surface area contributed by atoms with Gasteiger partial charge < -0.3 is 9.47 Å². The normalized spacial score (nSPS) is 23.1. The minimum absolute atomic E-state index is 0.0210. The van der Waals surface area contributed by atoms with Crippen LogP contribution < -0.4 is 0 Å². The highest BCUT2D eigenvalue weighted by atomic mass is 16.5. The average Bonchev–Trinajstić information content (AvgIpc) is 2.51. The lowest BCUT2D eigenvalue weighted by molar-refractivity contribution is -0.148. The summed E-state index contributed by atoms with van der Waals surface area (Å²) in [5.41, 5.74) is 0. The number of rotatable bonds is 3. The number of hydrogen-bond acceptors (Lipinski definition) is 3. The van der Waals surface area contributed by atoms with Crippen molar-refractivity contribution in [2.75, 3.05) is 19.8 Å². The van der Waals surface area contributed by atoms with Gasteiger partial charge in [0.2, 0.25) is 0 Å². The molecule has 0 N–H and O–H groups in total. The highest BCUT2D eigenvalue weighted by Crippen LogP contribution is 2.12. The first-order valence-electron chi connectivity index (χ1n) is 4.44. The van der Waals surface area contributed by atoms with E-state index < -0.39 is 0 Å². The molecule has 70 valence electrons. The topological polar surface area (TPSA) is 35.5 Å². The minimum atomic E-state index is -0.109. The molecule has 1 fully saturated rings. The van der Waals surface area contributed by atoms with Crippen LogP contribution in [0.3, 0.4) is 0 Å². The van der Waals surface area contributed by atoms with E-state index in [1.807, 2.05) is 13.8 Å². The van der Waals surface area contributed by atoms with Crippen molar-refractivity contribution < 1.29 is 14.3 Å². The molecule has 3 nitrogen and oxygen atoms in total. The van der Waals surface area contributed by atoms with Gasteiger partial charge in [-0.3, -0.25) is 4.79 Å². The van der Waals surface area contributed by atoms with Crippen LogP contribution in [0.25, 0.3) is 0 Å². The van der Waals surface area contributed by atoms with Crippen LogP contribution in [0.1, 0.15) is 20.3 Å². The van der Waals surface area contributed by atoms with Gasteiger partial charge in [0.15, 0.2) is 0 Å². The van der Waals surface area contributed by atoms with Gasteiger partial charge in [-0.15, -0.1) is 0 Å². The van der Waals surface area contributed by atoms with Crippen molar-refractivity contribution in [2.45, 2.75) is 20.3 Å². The molecule has 1 atom stereocenters. The molecule has 1 unspecified atom stereocenters. The Bertz CT molecular complexity index is 148. The Morgan fingerprint density at radius 3 is 2.92 bits per heavy atom. The van der Waals surface area contributed by atoms with Crippen molar-refractivity contribution in [3.63, 3.8) is 0 Å². The van der Waals surface area contributed by atoms with Gasteiger partial charge in [0, 0.05) is 12.5 Å². The van der Waals surface area contributed by atoms with Crippen molar-refractivity contribution in [2.24, 2.45) is 11.8 Å². The highest BCUT2D eigenvalue weighted by Gasteiger charge is 2.18. The van der Waals surface area contributed by atoms with Gasteiger partial charge in [-0.1, -0.05) is 13.8 Å². The van der Waals surface area contributed by atoms with Crippen molar-refractivity contribution in [3.8, 4) is 0 Å². The summed E-state index contributed by atoms with van der Waals surface area (Å²) in [5.74, 6) is 0.293. The summed E-state index contributed by atoms with van der Waals surface area (Å²) in [6.07, 6.45) is 1.02. The molecule has 1 saturated heterocycles. The third kappa shape index (κ3) is 2.81. The van der Waals surface area contributed by atoms with Crippen LogP contribution in [-0.4, -0.2) is 25.8 Å². The van der Waals surface area contributed by atoms with E-state index in [0.717, 1.165) is 19.6 Å². The molecule has 0 aromatic carbocycles. The fourth-order valence-corrected chi connectivity index (χ4v) is 1.08. The molecule has 0 radical (unpaired) electrons. The fourth-order valence-electron chi connectivity index (χ4n) is 1.08. The van der Waals surface area contributed by atoms with E-state index in [2.05, 4.69) is 0 Å². The Labute approximate surface area is 73.0 Å². The van der Waals surface area contributed by atoms with Crippen molar-refractivity contribution in [1.82, 2.24) is 0 Å². The van der Waals surface area contributed by atoms with Gasteiger partial charge in [-0.25, -0.2) is 0 Å². The zero-order valence-corrected chi connectivity index (χ0v) is 7.71. The summed E-state index contributed by atoms with van der Waals surface area (Å²) in [4.78, 5) is 11.0. The first-order valence-corrected chi connectivity index (χ1v) is 4.44. The fraction of sp³-hybridized carbons (Fsp3) is 0.889. The van der Waals surface area contributed by atoms with Crippen LogP contribution >= 0.6 is 0 Å². The highest BCUT2D eigenvalue weighted by molar-refractivity contribution is 5.71. The van der Waals surface area contributed by atoms with Crippen molar-refractivity contribution >= 4 is 5.97 Å². The molecule has 0 aliphatic carbocycles. The van der Waals surface area contributed by atoms with Gasteiger partial charge in [-0.2, -0.15) is 0 Å². The summed E-state index contributed by atoms with van der Waals surface area (Å²) in [5, 5.41) is 0. The zero-order valence-electron chi connectivity index (χ0n) is 7.71. The largest absolute Gasteiger partial charge is 0.465 e. The quantitative estimate of drug-likeness (QED) is 0.600.